The summed E-state index contributed by atoms with van der Waals surface area (Å²) in [5, 5.41) is 1.01. The summed E-state index contributed by atoms with van der Waals surface area (Å²) < 4.78 is 5.10. The lowest BCUT2D eigenvalue weighted by Gasteiger charge is -2.05. The summed E-state index contributed by atoms with van der Waals surface area (Å²) in [5.74, 6) is 0.560. The molecule has 1 aromatic heterocycles. The number of benzene rings is 1. The summed E-state index contributed by atoms with van der Waals surface area (Å²) >= 11 is 12.0. The third-order valence-corrected chi connectivity index (χ3v) is 3.27. The molecule has 1 aromatic carbocycles. The van der Waals surface area contributed by atoms with Crippen LogP contribution in [0.4, 0.5) is 0 Å². The summed E-state index contributed by atoms with van der Waals surface area (Å²) in [6.45, 7) is 1.75. The van der Waals surface area contributed by atoms with Crippen molar-refractivity contribution in [1.82, 2.24) is 0 Å². The maximum absolute atomic E-state index is 12.0. The lowest BCUT2D eigenvalue weighted by Crippen LogP contribution is -2.04. The lowest BCUT2D eigenvalue weighted by molar-refractivity contribution is 0.0991. The minimum Gasteiger partial charge on any atom is -0.469 e. The lowest BCUT2D eigenvalue weighted by atomic mass is 10.0. The molecule has 0 N–H and O–H groups in total. The van der Waals surface area contributed by atoms with Crippen LogP contribution < -0.4 is 0 Å². The van der Waals surface area contributed by atoms with E-state index in [1.54, 1.807) is 31.2 Å². The number of furan rings is 1. The van der Waals surface area contributed by atoms with Crippen molar-refractivity contribution >= 4 is 29.0 Å². The molecule has 0 atom stereocenters. The first-order valence-corrected chi connectivity index (χ1v) is 5.85. The number of carbonyl (C=O) groups excluding carboxylic acids is 1. The zero-order valence-corrected chi connectivity index (χ0v) is 10.7. The van der Waals surface area contributed by atoms with Crippen LogP contribution in [0.15, 0.2) is 34.9 Å². The molecule has 1 heterocycles. The Morgan fingerprint density at radius 2 is 1.88 bits per heavy atom. The number of ketones is 1. The van der Waals surface area contributed by atoms with E-state index in [1.165, 1.54) is 6.26 Å². The van der Waals surface area contributed by atoms with Crippen LogP contribution in [0.25, 0.3) is 0 Å². The first kappa shape index (κ1) is 12.2. The molecule has 88 valence electrons. The smallest absolute Gasteiger partial charge is 0.170 e. The Labute approximate surface area is 109 Å². The van der Waals surface area contributed by atoms with Crippen molar-refractivity contribution in [1.29, 1.82) is 0 Å². The molecular weight excluding hydrogens is 259 g/mol. The van der Waals surface area contributed by atoms with Gasteiger partial charge in [-0.05, 0) is 30.7 Å². The van der Waals surface area contributed by atoms with Crippen LogP contribution in [-0.4, -0.2) is 5.78 Å². The van der Waals surface area contributed by atoms with Gasteiger partial charge in [0.15, 0.2) is 5.78 Å². The summed E-state index contributed by atoms with van der Waals surface area (Å²) in [4.78, 5) is 12.0. The average molecular weight is 269 g/mol. The van der Waals surface area contributed by atoms with Crippen molar-refractivity contribution in [3.63, 3.8) is 0 Å². The predicted octanol–water partition coefficient (Wildman–Crippen LogP) is 4.32. The summed E-state index contributed by atoms with van der Waals surface area (Å²) in [5.41, 5.74) is 1.22. The van der Waals surface area contributed by atoms with Crippen molar-refractivity contribution in [3.8, 4) is 0 Å². The minimum atomic E-state index is -0.0498. The van der Waals surface area contributed by atoms with E-state index >= 15 is 0 Å². The molecule has 2 rings (SSSR count). The van der Waals surface area contributed by atoms with Gasteiger partial charge in [-0.2, -0.15) is 0 Å². The SMILES string of the molecule is Cc1occc1C(=O)Cc1c(Cl)cccc1Cl. The molecule has 0 unspecified atom stereocenters. The molecule has 0 spiro atoms. The second kappa shape index (κ2) is 4.94. The number of Topliss-reactive ketones (excluding diaryl/α,β-unsaturated/α-hetero) is 1. The normalized spacial score (nSPS) is 10.5. The van der Waals surface area contributed by atoms with Gasteiger partial charge in [-0.15, -0.1) is 0 Å². The zero-order valence-electron chi connectivity index (χ0n) is 9.17. The molecule has 0 aliphatic carbocycles. The van der Waals surface area contributed by atoms with Crippen molar-refractivity contribution < 1.29 is 9.21 Å². The van der Waals surface area contributed by atoms with Gasteiger partial charge in [-0.1, -0.05) is 29.3 Å². The Morgan fingerprint density at radius 1 is 1.24 bits per heavy atom. The van der Waals surface area contributed by atoms with E-state index in [2.05, 4.69) is 0 Å². The Balaban J connectivity index is 2.28. The Morgan fingerprint density at radius 3 is 2.41 bits per heavy atom. The summed E-state index contributed by atoms with van der Waals surface area (Å²) in [6.07, 6.45) is 1.68. The maximum Gasteiger partial charge on any atom is 0.170 e. The molecule has 4 heteroatoms. The Bertz CT molecular complexity index is 538. The largest absolute Gasteiger partial charge is 0.469 e. The standard InChI is InChI=1S/C13H10Cl2O2/c1-8-9(5-6-17-8)13(16)7-10-11(14)3-2-4-12(10)15/h2-6H,7H2,1H3. The van der Waals surface area contributed by atoms with Crippen LogP contribution in [-0.2, 0) is 6.42 Å². The third-order valence-electron chi connectivity index (χ3n) is 2.56. The van der Waals surface area contributed by atoms with Gasteiger partial charge in [0, 0.05) is 16.5 Å². The van der Waals surface area contributed by atoms with E-state index in [1.807, 2.05) is 0 Å². The van der Waals surface area contributed by atoms with Gasteiger partial charge in [0.2, 0.25) is 0 Å². The van der Waals surface area contributed by atoms with E-state index in [-0.39, 0.29) is 12.2 Å². The molecule has 0 aliphatic heterocycles. The average Bonchev–Trinajstić information content (AvgIpc) is 2.70. The van der Waals surface area contributed by atoms with Gasteiger partial charge in [-0.3, -0.25) is 4.79 Å². The van der Waals surface area contributed by atoms with E-state index in [4.69, 9.17) is 27.6 Å². The summed E-state index contributed by atoms with van der Waals surface area (Å²) in [7, 11) is 0. The van der Waals surface area contributed by atoms with Gasteiger partial charge in [0.1, 0.15) is 5.76 Å². The monoisotopic (exact) mass is 268 g/mol. The molecule has 0 amide bonds. The maximum atomic E-state index is 12.0. The number of rotatable bonds is 3. The topological polar surface area (TPSA) is 30.2 Å². The van der Waals surface area contributed by atoms with Gasteiger partial charge < -0.3 is 4.42 Å². The van der Waals surface area contributed by atoms with E-state index in [9.17, 15) is 4.79 Å². The van der Waals surface area contributed by atoms with Gasteiger partial charge in [0.25, 0.3) is 0 Å². The highest BCUT2D eigenvalue weighted by Crippen LogP contribution is 2.26. The van der Waals surface area contributed by atoms with Crippen molar-refractivity contribution in [2.24, 2.45) is 0 Å². The number of hydrogen-bond donors (Lipinski definition) is 0. The Kier molecular flexibility index (Phi) is 3.55. The molecule has 0 fully saturated rings. The predicted molar refractivity (Wildman–Crippen MR) is 67.9 cm³/mol. The van der Waals surface area contributed by atoms with Crippen LogP contribution in [0.3, 0.4) is 0 Å². The van der Waals surface area contributed by atoms with Crippen LogP contribution in [0.5, 0.6) is 0 Å². The number of aryl methyl sites for hydroxylation is 1. The van der Waals surface area contributed by atoms with E-state index in [0.717, 1.165) is 0 Å². The highest BCUT2D eigenvalue weighted by Gasteiger charge is 2.15. The third kappa shape index (κ3) is 2.54. The molecular formula is C13H10Cl2O2. The first-order valence-electron chi connectivity index (χ1n) is 5.10. The highest BCUT2D eigenvalue weighted by molar-refractivity contribution is 6.36. The quantitative estimate of drug-likeness (QED) is 0.777. The fourth-order valence-corrected chi connectivity index (χ4v) is 2.16. The zero-order chi connectivity index (χ0) is 12.4. The highest BCUT2D eigenvalue weighted by atomic mass is 35.5. The van der Waals surface area contributed by atoms with Gasteiger partial charge in [0.05, 0.1) is 11.8 Å². The van der Waals surface area contributed by atoms with Crippen molar-refractivity contribution in [2.75, 3.05) is 0 Å². The van der Waals surface area contributed by atoms with Gasteiger partial charge in [-0.25, -0.2) is 0 Å². The minimum absolute atomic E-state index is 0.0498. The van der Waals surface area contributed by atoms with Crippen LogP contribution in [0.2, 0.25) is 10.0 Å². The fourth-order valence-electron chi connectivity index (χ4n) is 1.63. The van der Waals surface area contributed by atoms with E-state index < -0.39 is 0 Å². The number of hydrogen-bond acceptors (Lipinski definition) is 2. The van der Waals surface area contributed by atoms with Gasteiger partial charge >= 0.3 is 0 Å². The van der Waals surface area contributed by atoms with Crippen LogP contribution in [0, 0.1) is 6.92 Å². The number of halogens is 2. The second-order valence-corrected chi connectivity index (χ2v) is 4.51. The van der Waals surface area contributed by atoms with Crippen molar-refractivity contribution in [2.45, 2.75) is 13.3 Å². The molecule has 0 radical (unpaired) electrons. The molecule has 2 nitrogen and oxygen atoms in total. The molecule has 0 aliphatic rings. The second-order valence-electron chi connectivity index (χ2n) is 3.69. The molecule has 0 bridgehead atoms. The number of carbonyl (C=O) groups is 1. The van der Waals surface area contributed by atoms with Crippen LogP contribution >= 0.6 is 23.2 Å². The first-order chi connectivity index (χ1) is 8.09. The molecule has 0 saturated heterocycles. The van der Waals surface area contributed by atoms with Crippen LogP contribution in [0.1, 0.15) is 21.7 Å². The molecule has 17 heavy (non-hydrogen) atoms. The van der Waals surface area contributed by atoms with Crippen molar-refractivity contribution in [3.05, 3.63) is 57.5 Å². The molecule has 0 saturated carbocycles. The van der Waals surface area contributed by atoms with E-state index in [0.29, 0.717) is 26.9 Å². The Hall–Kier alpha value is -1.25. The fraction of sp³-hybridized carbons (Fsp3) is 0.154. The summed E-state index contributed by atoms with van der Waals surface area (Å²) in [6, 6.07) is 6.85. The molecule has 2 aromatic rings.